The molecule has 16 heavy (non-hydrogen) atoms. The van der Waals surface area contributed by atoms with Gasteiger partial charge in [0.15, 0.2) is 0 Å². The summed E-state index contributed by atoms with van der Waals surface area (Å²) in [4.78, 5) is 11.4. The second-order valence-corrected chi connectivity index (χ2v) is 5.81. The Hall–Kier alpha value is -0.420. The molecule has 0 aromatic rings. The molecule has 0 aliphatic heterocycles. The molecule has 0 aromatic carbocycles. The lowest BCUT2D eigenvalue weighted by Crippen LogP contribution is -2.42. The normalized spacial score (nSPS) is 13.3. The van der Waals surface area contributed by atoms with Crippen LogP contribution in [0.15, 0.2) is 0 Å². The number of nitrogens with one attached hydrogen (secondary N) is 1. The van der Waals surface area contributed by atoms with E-state index in [9.17, 15) is 4.79 Å². The summed E-state index contributed by atoms with van der Waals surface area (Å²) in [7, 11) is 1.68. The molecule has 1 atom stereocenters. The van der Waals surface area contributed by atoms with Crippen molar-refractivity contribution in [3.63, 3.8) is 0 Å². The lowest BCUT2D eigenvalue weighted by atomic mass is 10.1. The number of rotatable bonds is 6. The largest absolute Gasteiger partial charge is 0.446 e. The molecular formula is C11H23NO3S. The number of ether oxygens (including phenoxy) is 2. The molecule has 0 unspecified atom stereocenters. The van der Waals surface area contributed by atoms with Crippen molar-refractivity contribution in [2.45, 2.75) is 39.3 Å². The highest BCUT2D eigenvalue weighted by molar-refractivity contribution is 7.99. The van der Waals surface area contributed by atoms with Crippen LogP contribution >= 0.6 is 11.8 Å². The van der Waals surface area contributed by atoms with Gasteiger partial charge < -0.3 is 14.8 Å². The Morgan fingerprint density at radius 1 is 1.44 bits per heavy atom. The van der Waals surface area contributed by atoms with Crippen molar-refractivity contribution in [1.29, 1.82) is 0 Å². The second-order valence-electron chi connectivity index (χ2n) is 4.66. The van der Waals surface area contributed by atoms with Gasteiger partial charge in [0, 0.05) is 24.2 Å². The molecule has 4 nitrogen and oxygen atoms in total. The zero-order chi connectivity index (χ0) is 12.6. The molecule has 0 radical (unpaired) electrons. The van der Waals surface area contributed by atoms with Crippen LogP contribution in [0.25, 0.3) is 0 Å². The summed E-state index contributed by atoms with van der Waals surface area (Å²) in [5, 5.41) is 2.76. The molecule has 0 spiro atoms. The Balaban J connectivity index is 3.62. The molecule has 1 N–H and O–H groups in total. The Morgan fingerprint density at radius 2 is 2.06 bits per heavy atom. The van der Waals surface area contributed by atoms with Crippen LogP contribution in [-0.4, -0.2) is 43.0 Å². The van der Waals surface area contributed by atoms with Crippen LogP contribution in [0, 0.1) is 0 Å². The third-order valence-corrected chi connectivity index (χ3v) is 2.73. The summed E-state index contributed by atoms with van der Waals surface area (Å²) in [6, 6.07) is 0. The lowest BCUT2D eigenvalue weighted by molar-refractivity contribution is 0.110. The van der Waals surface area contributed by atoms with Gasteiger partial charge in [-0.15, -0.1) is 0 Å². The maximum absolute atomic E-state index is 11.4. The van der Waals surface area contributed by atoms with Crippen molar-refractivity contribution in [2.24, 2.45) is 0 Å². The maximum atomic E-state index is 11.4. The average molecular weight is 249 g/mol. The van der Waals surface area contributed by atoms with Crippen LogP contribution < -0.4 is 5.32 Å². The Bertz CT molecular complexity index is 204. The molecule has 0 saturated carbocycles. The van der Waals surface area contributed by atoms with Gasteiger partial charge in [0.05, 0.1) is 6.61 Å². The van der Waals surface area contributed by atoms with Gasteiger partial charge in [0.25, 0.3) is 0 Å². The van der Waals surface area contributed by atoms with E-state index in [1.54, 1.807) is 18.9 Å². The molecule has 0 fully saturated rings. The van der Waals surface area contributed by atoms with Crippen molar-refractivity contribution in [2.75, 3.05) is 25.2 Å². The third-order valence-electron chi connectivity index (χ3n) is 1.57. The number of hydrogen-bond donors (Lipinski definition) is 1. The molecular weight excluding hydrogens is 226 g/mol. The molecule has 96 valence electrons. The fourth-order valence-corrected chi connectivity index (χ4v) is 1.80. The van der Waals surface area contributed by atoms with E-state index >= 15 is 0 Å². The number of thioether (sulfide) groups is 1. The third kappa shape index (κ3) is 10.1. The number of amides is 1. The Labute approximate surface area is 102 Å². The van der Waals surface area contributed by atoms with Crippen LogP contribution in [-0.2, 0) is 9.47 Å². The van der Waals surface area contributed by atoms with Crippen LogP contribution in [0.1, 0.15) is 27.7 Å². The fourth-order valence-electron chi connectivity index (χ4n) is 0.944. The van der Waals surface area contributed by atoms with E-state index < -0.39 is 0 Å². The minimum atomic E-state index is -0.354. The predicted molar refractivity (Wildman–Crippen MR) is 68.0 cm³/mol. The first-order valence-corrected chi connectivity index (χ1v) is 6.56. The minimum Gasteiger partial charge on any atom is -0.446 e. The van der Waals surface area contributed by atoms with E-state index in [2.05, 4.69) is 5.32 Å². The van der Waals surface area contributed by atoms with Gasteiger partial charge in [-0.2, -0.15) is 11.8 Å². The summed E-state index contributed by atoms with van der Waals surface area (Å²) in [5.74, 6) is 1.71. The molecule has 0 aromatic heterocycles. The standard InChI is InChI=1S/C11H23NO3S/c1-9(8-16-7-6-14-5)15-10(13)12-11(2,3)4/h9H,6-8H2,1-5H3,(H,12,13)/t9-/m1/s1. The van der Waals surface area contributed by atoms with Gasteiger partial charge in [-0.3, -0.25) is 0 Å². The molecule has 0 rings (SSSR count). The fraction of sp³-hybridized carbons (Fsp3) is 0.909. The number of hydrogen-bond acceptors (Lipinski definition) is 4. The van der Waals surface area contributed by atoms with Gasteiger partial charge >= 0.3 is 6.09 Å². The zero-order valence-corrected chi connectivity index (χ0v) is 11.6. The van der Waals surface area contributed by atoms with Gasteiger partial charge in [-0.1, -0.05) is 0 Å². The van der Waals surface area contributed by atoms with E-state index in [-0.39, 0.29) is 17.7 Å². The Morgan fingerprint density at radius 3 is 2.56 bits per heavy atom. The molecule has 0 aliphatic rings. The smallest absolute Gasteiger partial charge is 0.407 e. The summed E-state index contributed by atoms with van der Waals surface area (Å²) >= 11 is 1.72. The molecule has 1 amide bonds. The number of methoxy groups -OCH3 is 1. The molecule has 0 aliphatic carbocycles. The van der Waals surface area contributed by atoms with Crippen molar-refractivity contribution in [3.8, 4) is 0 Å². The first kappa shape index (κ1) is 15.6. The van der Waals surface area contributed by atoms with Gasteiger partial charge in [0.1, 0.15) is 6.10 Å². The highest BCUT2D eigenvalue weighted by Gasteiger charge is 2.16. The monoisotopic (exact) mass is 249 g/mol. The first-order chi connectivity index (χ1) is 7.35. The highest BCUT2D eigenvalue weighted by Crippen LogP contribution is 2.07. The quantitative estimate of drug-likeness (QED) is 0.734. The van der Waals surface area contributed by atoms with Gasteiger partial charge in [0.2, 0.25) is 0 Å². The summed E-state index contributed by atoms with van der Waals surface area (Å²) in [5.41, 5.74) is -0.250. The second kappa shape index (κ2) is 7.79. The summed E-state index contributed by atoms with van der Waals surface area (Å²) < 4.78 is 10.1. The maximum Gasteiger partial charge on any atom is 0.407 e. The number of carbonyl (C=O) groups excluding carboxylic acids is 1. The topological polar surface area (TPSA) is 47.6 Å². The summed E-state index contributed by atoms with van der Waals surface area (Å²) in [6.07, 6.45) is -0.434. The Kier molecular flexibility index (Phi) is 7.58. The van der Waals surface area contributed by atoms with Gasteiger partial charge in [-0.05, 0) is 27.7 Å². The molecule has 0 bridgehead atoms. The number of alkyl carbamates (subject to hydrolysis) is 1. The van der Waals surface area contributed by atoms with Crippen LogP contribution in [0.2, 0.25) is 0 Å². The average Bonchev–Trinajstić information content (AvgIpc) is 2.09. The van der Waals surface area contributed by atoms with Crippen molar-refractivity contribution < 1.29 is 14.3 Å². The van der Waals surface area contributed by atoms with Crippen LogP contribution in [0.4, 0.5) is 4.79 Å². The van der Waals surface area contributed by atoms with E-state index in [4.69, 9.17) is 9.47 Å². The van der Waals surface area contributed by atoms with E-state index in [0.717, 1.165) is 18.1 Å². The van der Waals surface area contributed by atoms with Crippen molar-refractivity contribution >= 4 is 17.9 Å². The van der Waals surface area contributed by atoms with Crippen molar-refractivity contribution in [1.82, 2.24) is 5.32 Å². The van der Waals surface area contributed by atoms with Crippen LogP contribution in [0.3, 0.4) is 0 Å². The van der Waals surface area contributed by atoms with Crippen molar-refractivity contribution in [3.05, 3.63) is 0 Å². The SMILES string of the molecule is COCCSC[C@@H](C)OC(=O)NC(C)(C)C. The van der Waals surface area contributed by atoms with E-state index in [1.807, 2.05) is 27.7 Å². The van der Waals surface area contributed by atoms with Crippen LogP contribution in [0.5, 0.6) is 0 Å². The van der Waals surface area contributed by atoms with Gasteiger partial charge in [-0.25, -0.2) is 4.79 Å². The lowest BCUT2D eigenvalue weighted by Gasteiger charge is -2.22. The molecule has 5 heteroatoms. The summed E-state index contributed by atoms with van der Waals surface area (Å²) in [6.45, 7) is 8.39. The zero-order valence-electron chi connectivity index (χ0n) is 10.8. The minimum absolute atomic E-state index is 0.0794. The predicted octanol–water partition coefficient (Wildman–Crippen LogP) is 2.28. The first-order valence-electron chi connectivity index (χ1n) is 5.40. The van der Waals surface area contributed by atoms with E-state index in [0.29, 0.717) is 0 Å². The highest BCUT2D eigenvalue weighted by atomic mass is 32.2. The number of carbonyl (C=O) groups is 1. The molecule has 0 heterocycles. The van der Waals surface area contributed by atoms with E-state index in [1.165, 1.54) is 0 Å². The molecule has 0 saturated heterocycles.